The molecule has 0 radical (unpaired) electrons. The Balaban J connectivity index is 0.000000235. The molecule has 0 aliphatic heterocycles. The zero-order valence-corrected chi connectivity index (χ0v) is 39.0. The van der Waals surface area contributed by atoms with Crippen LogP contribution in [-0.4, -0.2) is 58.9 Å². The van der Waals surface area contributed by atoms with Crippen LogP contribution in [0.1, 0.15) is 53.4 Å². The molecule has 0 aliphatic rings. The molecule has 0 bridgehead atoms. The van der Waals surface area contributed by atoms with Crippen molar-refractivity contribution < 1.29 is 27.9 Å². The molecule has 7 rings (SSSR count). The number of aromatic nitrogens is 3. The maximum atomic E-state index is 11.5. The molecule has 18 heteroatoms. The Morgan fingerprint density at radius 2 is 1.06 bits per heavy atom. The van der Waals surface area contributed by atoms with E-state index in [1.807, 2.05) is 87.5 Å². The minimum absolute atomic E-state index is 0. The number of nitrogens with one attached hydrogen (secondary N) is 3. The van der Waals surface area contributed by atoms with Gasteiger partial charge in [0.05, 0.1) is 35.1 Å². The van der Waals surface area contributed by atoms with E-state index in [0.717, 1.165) is 44.9 Å². The topological polar surface area (TPSA) is 249 Å². The number of alkyl halides is 1. The molecule has 0 unspecified atom stereocenters. The number of nitriles is 2. The minimum Gasteiger partial charge on any atom is -0.595 e. The number of anilines is 3. The number of halogens is 2. The van der Waals surface area contributed by atoms with Crippen LogP contribution >= 0.6 is 28.3 Å². The van der Waals surface area contributed by atoms with Crippen LogP contribution in [0, 0.1) is 22.7 Å². The number of ketones is 1. The molecule has 0 fully saturated rings. The highest BCUT2D eigenvalue weighted by Crippen LogP contribution is 2.23. The van der Waals surface area contributed by atoms with Crippen LogP contribution in [0.2, 0.25) is 0 Å². The molecular formula is C47H49BrClN10O6-. The van der Waals surface area contributed by atoms with E-state index >= 15 is 0 Å². The molecule has 0 saturated heterocycles. The standard InChI is InChI=1S/C16H21N3O3.C11H13N3O.C11H9N3O.C9H6BrNO.ClH/c1-16(2,3)22-15(20)18-9-11-5-7-12(8-6-11)13-10-21-14(17-4)19-13;2*1-13-11-14-10(7-15-11)9-4-2-8(6-12)3-5-9;10-5-9(12)8-3-1-7(6-11)2-4-8;/h5-8,10H,9H2,1-4H3,(H,17,19)(H,18,20);2-5,7H,6,12H2,1H3,(H,13,14);2-5,7H,1H3,(H,13,14);1-4H,5H2;1H/p-1. The first-order chi connectivity index (χ1) is 30.8. The number of hydrogen-bond acceptors (Lipinski definition) is 16. The lowest BCUT2D eigenvalue weighted by molar-refractivity contribution is -0.260. The normalized spacial score (nSPS) is 10.4. The second-order valence-electron chi connectivity index (χ2n) is 14.2. The van der Waals surface area contributed by atoms with Crippen LogP contribution in [0.15, 0.2) is 134 Å². The van der Waals surface area contributed by atoms with Crippen LogP contribution in [0.5, 0.6) is 0 Å². The summed E-state index contributed by atoms with van der Waals surface area (Å²) in [6, 6.07) is 34.9. The van der Waals surface area contributed by atoms with Crippen molar-refractivity contribution in [2.45, 2.75) is 39.5 Å². The number of aliphatic imine (C=N–C) groups is 1. The van der Waals surface area contributed by atoms with Crippen LogP contribution in [0.25, 0.3) is 33.8 Å². The third-order valence-corrected chi connectivity index (χ3v) is 8.95. The largest absolute Gasteiger partial charge is 0.595 e. The van der Waals surface area contributed by atoms with Crippen LogP contribution in [-0.2, 0) is 17.8 Å². The van der Waals surface area contributed by atoms with Gasteiger partial charge in [-0.25, -0.2) is 0 Å². The molecule has 0 saturated carbocycles. The lowest BCUT2D eigenvalue weighted by Crippen LogP contribution is -2.31. The van der Waals surface area contributed by atoms with E-state index in [-0.39, 0.29) is 24.7 Å². The van der Waals surface area contributed by atoms with E-state index in [1.54, 1.807) is 76.3 Å². The van der Waals surface area contributed by atoms with Gasteiger partial charge in [0.25, 0.3) is 18.0 Å². The van der Waals surface area contributed by atoms with Gasteiger partial charge in [0.1, 0.15) is 42.0 Å². The van der Waals surface area contributed by atoms with Gasteiger partial charge in [-0.05, 0) is 35.4 Å². The monoisotopic (exact) mass is 963 g/mol. The Bertz CT molecular complexity index is 2630. The van der Waals surface area contributed by atoms with Gasteiger partial charge in [0.15, 0.2) is 5.78 Å². The van der Waals surface area contributed by atoms with Crippen LogP contribution in [0.4, 0.5) is 18.0 Å². The molecule has 0 amide bonds. The van der Waals surface area contributed by atoms with E-state index in [0.29, 0.717) is 46.6 Å². The van der Waals surface area contributed by atoms with Crippen molar-refractivity contribution in [1.29, 1.82) is 10.5 Å². The summed E-state index contributed by atoms with van der Waals surface area (Å²) in [5.74, 6) is 0.0273. The van der Waals surface area contributed by atoms with Gasteiger partial charge in [-0.2, -0.15) is 25.5 Å². The quantitative estimate of drug-likeness (QED) is 0.0408. The second-order valence-corrected chi connectivity index (χ2v) is 14.8. The predicted molar refractivity (Wildman–Crippen MR) is 256 cm³/mol. The lowest BCUT2D eigenvalue weighted by Gasteiger charge is -2.29. The summed E-state index contributed by atoms with van der Waals surface area (Å²) < 4.78 is 20.7. The lowest BCUT2D eigenvalue weighted by atomic mass is 10.1. The van der Waals surface area contributed by atoms with Crippen LogP contribution in [0.3, 0.4) is 0 Å². The van der Waals surface area contributed by atoms with E-state index in [2.05, 4.69) is 57.9 Å². The molecule has 338 valence electrons. The number of Topliss-reactive ketones (excluding diaryl/α,β-unsaturated/α-hetero) is 1. The first-order valence-electron chi connectivity index (χ1n) is 19.6. The average molecular weight is 965 g/mol. The first-order valence-corrected chi connectivity index (χ1v) is 20.7. The fourth-order valence-corrected chi connectivity index (χ4v) is 5.45. The summed E-state index contributed by atoms with van der Waals surface area (Å²) in [4.78, 5) is 27.7. The van der Waals surface area contributed by atoms with E-state index in [1.165, 1.54) is 0 Å². The number of rotatable bonds is 11. The maximum Gasteiger partial charge on any atom is 0.294 e. The van der Waals surface area contributed by atoms with Gasteiger partial charge in [0.2, 0.25) is 0 Å². The first kappa shape index (κ1) is 51.9. The Hall–Kier alpha value is -7.44. The number of carbonyl (C=O) groups is 1. The number of oxazole rings is 3. The van der Waals surface area contributed by atoms with Gasteiger partial charge in [0, 0.05) is 55.5 Å². The van der Waals surface area contributed by atoms with Gasteiger partial charge in [-0.15, -0.1) is 12.4 Å². The van der Waals surface area contributed by atoms with Gasteiger partial charge < -0.3 is 44.8 Å². The smallest absolute Gasteiger partial charge is 0.294 e. The third kappa shape index (κ3) is 17.0. The van der Waals surface area contributed by atoms with Gasteiger partial charge >= 0.3 is 0 Å². The number of nitrogens with zero attached hydrogens (tertiary/aromatic N) is 6. The van der Waals surface area contributed by atoms with Gasteiger partial charge in [-0.1, -0.05) is 109 Å². The SMILES string of the molecule is CNc1nc(-c2ccc(C#N)cc2)co1.CNc1nc(-c2ccc(CN)cc2)co1.CNc1nc(-c2ccc(CN=C([O-])OC(C)(C)C)cc2)co1.Cl.N#Cc1ccc(C(=O)CBr)cc1. The highest BCUT2D eigenvalue weighted by Gasteiger charge is 2.08. The van der Waals surface area contributed by atoms with Crippen molar-refractivity contribution in [2.75, 3.05) is 42.4 Å². The summed E-state index contributed by atoms with van der Waals surface area (Å²) in [5.41, 5.74) is 14.1. The fraction of sp³-hybridized carbons (Fsp3) is 0.213. The summed E-state index contributed by atoms with van der Waals surface area (Å²) in [6.45, 7) is 6.28. The van der Waals surface area contributed by atoms with Gasteiger partial charge in [-0.3, -0.25) is 9.79 Å². The molecule has 16 nitrogen and oxygen atoms in total. The molecule has 65 heavy (non-hydrogen) atoms. The van der Waals surface area contributed by atoms with Crippen molar-refractivity contribution in [1.82, 2.24) is 15.0 Å². The van der Waals surface area contributed by atoms with E-state index < -0.39 is 11.7 Å². The molecule has 0 spiro atoms. The Morgan fingerprint density at radius 1 is 0.692 bits per heavy atom. The summed E-state index contributed by atoms with van der Waals surface area (Å²) in [6.07, 6.45) is 4.24. The fourth-order valence-electron chi connectivity index (χ4n) is 5.13. The van der Waals surface area contributed by atoms with Crippen molar-refractivity contribution in [3.05, 3.63) is 144 Å². The zero-order valence-electron chi connectivity index (χ0n) is 36.6. The summed E-state index contributed by atoms with van der Waals surface area (Å²) >= 11 is 3.07. The number of hydrogen-bond donors (Lipinski definition) is 4. The molecule has 5 N–H and O–H groups in total. The maximum absolute atomic E-state index is 11.5. The van der Waals surface area contributed by atoms with Crippen molar-refractivity contribution in [3.63, 3.8) is 0 Å². The van der Waals surface area contributed by atoms with E-state index in [9.17, 15) is 9.90 Å². The number of benzene rings is 4. The number of nitrogens with two attached hydrogens (primary N) is 1. The van der Waals surface area contributed by atoms with Crippen molar-refractivity contribution >= 4 is 58.2 Å². The summed E-state index contributed by atoms with van der Waals surface area (Å²) in [7, 11) is 5.26. The number of ether oxygens (including phenoxy) is 1. The van der Waals surface area contributed by atoms with E-state index in [4.69, 9.17) is 34.2 Å². The zero-order chi connectivity index (χ0) is 46.5. The Labute approximate surface area is 392 Å². The minimum atomic E-state index is -0.549. The molecular weight excluding hydrogens is 916 g/mol. The molecule has 4 aromatic carbocycles. The Morgan fingerprint density at radius 3 is 1.38 bits per heavy atom. The molecule has 0 aliphatic carbocycles. The van der Waals surface area contributed by atoms with Crippen molar-refractivity contribution in [3.8, 4) is 45.9 Å². The predicted octanol–water partition coefficient (Wildman–Crippen LogP) is 9.07. The Kier molecular flexibility index (Phi) is 21.0. The highest BCUT2D eigenvalue weighted by atomic mass is 79.9. The molecule has 7 aromatic rings. The van der Waals surface area contributed by atoms with Crippen LogP contribution < -0.4 is 26.8 Å². The second kappa shape index (κ2) is 26.2. The molecule has 3 heterocycles. The van der Waals surface area contributed by atoms with Crippen molar-refractivity contribution in [2.24, 2.45) is 10.7 Å². The summed E-state index contributed by atoms with van der Waals surface area (Å²) in [5, 5.41) is 37.5. The third-order valence-electron chi connectivity index (χ3n) is 8.44. The molecule has 0 atom stereocenters. The average Bonchev–Trinajstić information content (AvgIpc) is 4.13. The number of carbonyl (C=O) groups excluding carboxylic acids is 1. The highest BCUT2D eigenvalue weighted by molar-refractivity contribution is 9.09. The molecule has 3 aromatic heterocycles.